The van der Waals surface area contributed by atoms with E-state index in [9.17, 15) is 0 Å². The van der Waals surface area contributed by atoms with Gasteiger partial charge in [-0.1, -0.05) is 42.5 Å². The van der Waals surface area contributed by atoms with Crippen molar-refractivity contribution in [2.24, 2.45) is 0 Å². The standard InChI is InChI=1S/C35H30O6/c1-2-4-31-29(3-1)30-10-9-25(38-17-28-20-41-28)14-34(30)35(31)32-12-23(36-15-26-18-39-26)7-5-21(32)11-22-6-8-24(13-33(22)35)37-16-27-19-40-27/h1-10,12-14,26-28H,11,15-20H2. The van der Waals surface area contributed by atoms with E-state index in [-0.39, 0.29) is 18.3 Å². The summed E-state index contributed by atoms with van der Waals surface area (Å²) in [6.45, 7) is 4.01. The Labute approximate surface area is 238 Å². The summed E-state index contributed by atoms with van der Waals surface area (Å²) < 4.78 is 35.0. The molecule has 4 aromatic carbocycles. The highest BCUT2D eigenvalue weighted by Gasteiger charge is 2.50. The van der Waals surface area contributed by atoms with Crippen LogP contribution >= 0.6 is 0 Å². The van der Waals surface area contributed by atoms with Crippen molar-refractivity contribution in [3.63, 3.8) is 0 Å². The predicted octanol–water partition coefficient (Wildman–Crippen LogP) is 5.29. The number of hydrogen-bond acceptors (Lipinski definition) is 6. The van der Waals surface area contributed by atoms with Crippen LogP contribution < -0.4 is 14.2 Å². The van der Waals surface area contributed by atoms with Crippen LogP contribution in [0.1, 0.15) is 33.4 Å². The van der Waals surface area contributed by atoms with Gasteiger partial charge in [0.05, 0.1) is 25.2 Å². The van der Waals surface area contributed by atoms with Crippen LogP contribution in [0, 0.1) is 0 Å². The Morgan fingerprint density at radius 1 is 0.537 bits per heavy atom. The van der Waals surface area contributed by atoms with Crippen LogP contribution in [-0.4, -0.2) is 58.0 Å². The van der Waals surface area contributed by atoms with Gasteiger partial charge in [0.1, 0.15) is 55.4 Å². The lowest BCUT2D eigenvalue weighted by Crippen LogP contribution is -2.34. The molecule has 41 heavy (non-hydrogen) atoms. The lowest BCUT2D eigenvalue weighted by molar-refractivity contribution is 0.262. The molecule has 0 radical (unpaired) electrons. The molecule has 6 nitrogen and oxygen atoms in total. The van der Waals surface area contributed by atoms with E-state index in [4.69, 9.17) is 28.4 Å². The van der Waals surface area contributed by atoms with Crippen LogP contribution in [0.2, 0.25) is 0 Å². The Hall–Kier alpha value is -3.84. The van der Waals surface area contributed by atoms with Crippen LogP contribution in [0.3, 0.4) is 0 Å². The van der Waals surface area contributed by atoms with Crippen LogP contribution in [0.4, 0.5) is 0 Å². The minimum absolute atomic E-state index is 0.191. The molecule has 9 rings (SSSR count). The normalized spacial score (nSPS) is 25.5. The second-order valence-corrected chi connectivity index (χ2v) is 11.6. The molecular weight excluding hydrogens is 516 g/mol. The van der Waals surface area contributed by atoms with Crippen molar-refractivity contribution in [3.05, 3.63) is 112 Å². The molecule has 3 saturated heterocycles. The Kier molecular flexibility index (Phi) is 5.28. The van der Waals surface area contributed by atoms with Crippen LogP contribution in [0.5, 0.6) is 17.2 Å². The minimum Gasteiger partial charge on any atom is -0.491 e. The number of hydrogen-bond donors (Lipinski definition) is 0. The van der Waals surface area contributed by atoms with E-state index in [0.717, 1.165) is 43.5 Å². The zero-order valence-electron chi connectivity index (χ0n) is 22.6. The highest BCUT2D eigenvalue weighted by molar-refractivity contribution is 5.88. The average Bonchev–Trinajstić information content (AvgIpc) is 3.86. The maximum Gasteiger partial charge on any atom is 0.119 e. The lowest BCUT2D eigenvalue weighted by Gasteiger charge is -2.40. The molecule has 3 heterocycles. The van der Waals surface area contributed by atoms with Crippen LogP contribution in [0.15, 0.2) is 78.9 Å². The number of epoxide rings is 3. The fourth-order valence-electron chi connectivity index (χ4n) is 6.64. The monoisotopic (exact) mass is 546 g/mol. The van der Waals surface area contributed by atoms with Gasteiger partial charge in [0.2, 0.25) is 0 Å². The zero-order valence-corrected chi connectivity index (χ0v) is 22.6. The number of rotatable bonds is 9. The van der Waals surface area contributed by atoms with E-state index in [1.807, 2.05) is 0 Å². The van der Waals surface area contributed by atoms with E-state index in [2.05, 4.69) is 78.9 Å². The van der Waals surface area contributed by atoms with Crippen LogP contribution in [0.25, 0.3) is 11.1 Å². The molecule has 0 saturated carbocycles. The van der Waals surface area contributed by atoms with Crippen molar-refractivity contribution in [2.75, 3.05) is 39.6 Å². The van der Waals surface area contributed by atoms with Crippen molar-refractivity contribution in [1.29, 1.82) is 0 Å². The maximum absolute atomic E-state index is 6.25. The molecule has 3 aliphatic heterocycles. The highest BCUT2D eigenvalue weighted by atomic mass is 16.6. The van der Waals surface area contributed by atoms with Gasteiger partial charge in [-0.2, -0.15) is 0 Å². The molecule has 1 spiro atoms. The summed E-state index contributed by atoms with van der Waals surface area (Å²) in [4.78, 5) is 0. The SMILES string of the molecule is c1ccc2c(c1)-c1ccc(OCC3CO3)cc1C21c2cc(OCC3CO3)ccc2Cc2ccc(OCC3CO3)cc21. The van der Waals surface area contributed by atoms with Gasteiger partial charge < -0.3 is 28.4 Å². The van der Waals surface area contributed by atoms with Gasteiger partial charge in [-0.25, -0.2) is 0 Å². The van der Waals surface area contributed by atoms with E-state index in [0.29, 0.717) is 19.8 Å². The molecule has 0 amide bonds. The summed E-state index contributed by atoms with van der Waals surface area (Å²) in [5.74, 6) is 2.59. The molecule has 0 bridgehead atoms. The van der Waals surface area contributed by atoms with E-state index >= 15 is 0 Å². The van der Waals surface area contributed by atoms with E-state index < -0.39 is 5.41 Å². The summed E-state index contributed by atoms with van der Waals surface area (Å²) in [7, 11) is 0. The lowest BCUT2D eigenvalue weighted by atomic mass is 9.61. The molecule has 206 valence electrons. The third kappa shape index (κ3) is 4.04. The summed E-state index contributed by atoms with van der Waals surface area (Å²) >= 11 is 0. The average molecular weight is 547 g/mol. The summed E-state index contributed by atoms with van der Waals surface area (Å²) in [6, 6.07) is 28.5. The first-order valence-corrected chi connectivity index (χ1v) is 14.5. The quantitative estimate of drug-likeness (QED) is 0.230. The summed E-state index contributed by atoms with van der Waals surface area (Å²) in [5.41, 5.74) is 9.51. The molecule has 3 unspecified atom stereocenters. The first-order chi connectivity index (χ1) is 20.3. The fourth-order valence-corrected chi connectivity index (χ4v) is 6.64. The molecule has 5 aliphatic rings. The number of fused-ring (bicyclic) bond motifs is 9. The maximum atomic E-state index is 6.25. The minimum atomic E-state index is -0.546. The van der Waals surface area contributed by atoms with Gasteiger partial charge in [0.15, 0.2) is 0 Å². The van der Waals surface area contributed by atoms with Gasteiger partial charge in [0, 0.05) is 0 Å². The molecule has 0 N–H and O–H groups in total. The first-order valence-electron chi connectivity index (χ1n) is 14.5. The van der Waals surface area contributed by atoms with Crippen molar-refractivity contribution in [3.8, 4) is 28.4 Å². The Bertz CT molecular complexity index is 1600. The Morgan fingerprint density at radius 3 is 1.54 bits per heavy atom. The fraction of sp³-hybridized carbons (Fsp3) is 0.314. The molecule has 6 heteroatoms. The smallest absolute Gasteiger partial charge is 0.119 e. The summed E-state index contributed by atoms with van der Waals surface area (Å²) in [5, 5.41) is 0. The Morgan fingerprint density at radius 2 is 1.00 bits per heavy atom. The Balaban J connectivity index is 1.26. The van der Waals surface area contributed by atoms with E-state index in [1.165, 1.54) is 44.5 Å². The van der Waals surface area contributed by atoms with Gasteiger partial charge >= 0.3 is 0 Å². The third-order valence-electron chi connectivity index (χ3n) is 8.88. The van der Waals surface area contributed by atoms with Gasteiger partial charge in [0.25, 0.3) is 0 Å². The van der Waals surface area contributed by atoms with Crippen LogP contribution in [-0.2, 0) is 26.0 Å². The van der Waals surface area contributed by atoms with Crippen molar-refractivity contribution in [2.45, 2.75) is 30.1 Å². The molecule has 3 fully saturated rings. The van der Waals surface area contributed by atoms with Crippen molar-refractivity contribution in [1.82, 2.24) is 0 Å². The van der Waals surface area contributed by atoms with Gasteiger partial charge in [-0.15, -0.1) is 0 Å². The number of ether oxygens (including phenoxy) is 6. The topological polar surface area (TPSA) is 65.3 Å². The van der Waals surface area contributed by atoms with Gasteiger partial charge in [-0.05, 0) is 87.3 Å². The first kappa shape index (κ1) is 23.8. The summed E-state index contributed by atoms with van der Waals surface area (Å²) in [6.07, 6.45) is 1.42. The van der Waals surface area contributed by atoms with Gasteiger partial charge in [-0.3, -0.25) is 0 Å². The second kappa shape index (κ2) is 9.08. The number of benzene rings is 4. The molecule has 3 atom stereocenters. The van der Waals surface area contributed by atoms with E-state index in [1.54, 1.807) is 0 Å². The molecule has 0 aromatic heterocycles. The van der Waals surface area contributed by atoms with Crippen molar-refractivity contribution >= 4 is 0 Å². The highest BCUT2D eigenvalue weighted by Crippen LogP contribution is 2.60. The zero-order chi connectivity index (χ0) is 27.0. The second-order valence-electron chi connectivity index (χ2n) is 11.6. The molecule has 4 aromatic rings. The van der Waals surface area contributed by atoms with Crippen molar-refractivity contribution < 1.29 is 28.4 Å². The molecular formula is C35H30O6. The largest absolute Gasteiger partial charge is 0.491 e. The molecule has 2 aliphatic carbocycles. The predicted molar refractivity (Wildman–Crippen MR) is 152 cm³/mol. The third-order valence-corrected chi connectivity index (χ3v) is 8.88.